The number of rotatable bonds is 4. The molecule has 3 N–H and O–H groups in total. The third-order valence-corrected chi connectivity index (χ3v) is 3.83. The molecule has 0 saturated heterocycles. The third-order valence-electron chi connectivity index (χ3n) is 3.83. The molecule has 1 aliphatic rings. The lowest BCUT2D eigenvalue weighted by Crippen LogP contribution is -2.41. The molecule has 1 aromatic carbocycles. The summed E-state index contributed by atoms with van der Waals surface area (Å²) in [4.78, 5) is 35.0. The van der Waals surface area contributed by atoms with Gasteiger partial charge in [0, 0.05) is 16.8 Å². The zero-order chi connectivity index (χ0) is 17.2. The summed E-state index contributed by atoms with van der Waals surface area (Å²) in [5, 5.41) is 14.6. The van der Waals surface area contributed by atoms with Crippen LogP contribution in [-0.4, -0.2) is 28.4 Å². The summed E-state index contributed by atoms with van der Waals surface area (Å²) in [6.07, 6.45) is 1.13. The van der Waals surface area contributed by atoms with Crippen molar-refractivity contribution in [2.24, 2.45) is 11.8 Å². The number of aliphatic carboxylic acids is 1. The van der Waals surface area contributed by atoms with E-state index in [1.54, 1.807) is 24.3 Å². The average molecular weight is 318 g/mol. The molecule has 1 aromatic rings. The highest BCUT2D eigenvalue weighted by atomic mass is 16.4. The van der Waals surface area contributed by atoms with E-state index in [9.17, 15) is 14.4 Å². The van der Waals surface area contributed by atoms with Gasteiger partial charge < -0.3 is 15.7 Å². The van der Waals surface area contributed by atoms with E-state index in [0.717, 1.165) is 0 Å². The highest BCUT2D eigenvalue weighted by molar-refractivity contribution is 5.98. The first-order chi connectivity index (χ1) is 10.7. The van der Waals surface area contributed by atoms with E-state index in [1.807, 2.05) is 20.8 Å². The van der Waals surface area contributed by atoms with Crippen LogP contribution in [0, 0.1) is 11.8 Å². The van der Waals surface area contributed by atoms with Crippen molar-refractivity contribution in [3.8, 4) is 0 Å². The molecule has 0 aliphatic heterocycles. The van der Waals surface area contributed by atoms with E-state index in [2.05, 4.69) is 10.6 Å². The maximum absolute atomic E-state index is 12.1. The van der Waals surface area contributed by atoms with Crippen molar-refractivity contribution < 1.29 is 19.5 Å². The van der Waals surface area contributed by atoms with Crippen LogP contribution in [0.25, 0.3) is 0 Å². The minimum atomic E-state index is -0.925. The Labute approximate surface area is 135 Å². The Morgan fingerprint density at radius 3 is 2.04 bits per heavy atom. The van der Waals surface area contributed by atoms with Crippen LogP contribution < -0.4 is 10.6 Å². The Morgan fingerprint density at radius 2 is 1.61 bits per heavy atom. The molecule has 23 heavy (non-hydrogen) atoms. The van der Waals surface area contributed by atoms with Crippen molar-refractivity contribution in [3.05, 3.63) is 29.8 Å². The second-order valence-electron chi connectivity index (χ2n) is 6.90. The van der Waals surface area contributed by atoms with Crippen LogP contribution in [0.1, 0.15) is 44.0 Å². The van der Waals surface area contributed by atoms with Gasteiger partial charge in [-0.15, -0.1) is 0 Å². The van der Waals surface area contributed by atoms with Gasteiger partial charge in [0.05, 0.1) is 11.8 Å². The lowest BCUT2D eigenvalue weighted by Gasteiger charge is -2.31. The SMILES string of the molecule is CC(C)(C)NC(=O)c1ccc(NC(=O)C2CCC2C(=O)O)cc1. The predicted molar refractivity (Wildman–Crippen MR) is 86.1 cm³/mol. The molecule has 0 bridgehead atoms. The zero-order valence-corrected chi connectivity index (χ0v) is 13.6. The van der Waals surface area contributed by atoms with Crippen molar-refractivity contribution in [1.82, 2.24) is 5.32 Å². The fourth-order valence-corrected chi connectivity index (χ4v) is 2.46. The minimum Gasteiger partial charge on any atom is -0.481 e. The molecule has 0 spiro atoms. The largest absolute Gasteiger partial charge is 0.481 e. The number of carbonyl (C=O) groups excluding carboxylic acids is 2. The number of carboxylic acid groups (broad SMARTS) is 1. The van der Waals surface area contributed by atoms with Crippen LogP contribution in [0.3, 0.4) is 0 Å². The fraction of sp³-hybridized carbons (Fsp3) is 0.471. The van der Waals surface area contributed by atoms with Crippen molar-refractivity contribution in [3.63, 3.8) is 0 Å². The maximum atomic E-state index is 12.1. The molecular weight excluding hydrogens is 296 g/mol. The number of benzene rings is 1. The van der Waals surface area contributed by atoms with E-state index < -0.39 is 17.8 Å². The second-order valence-corrected chi connectivity index (χ2v) is 6.90. The Bertz CT molecular complexity index is 616. The number of carboxylic acids is 1. The van der Waals surface area contributed by atoms with E-state index in [0.29, 0.717) is 24.1 Å². The summed E-state index contributed by atoms with van der Waals surface area (Å²) < 4.78 is 0. The minimum absolute atomic E-state index is 0.180. The molecule has 6 heteroatoms. The summed E-state index contributed by atoms with van der Waals surface area (Å²) in [6, 6.07) is 6.55. The molecule has 2 rings (SSSR count). The molecule has 0 aromatic heterocycles. The maximum Gasteiger partial charge on any atom is 0.307 e. The van der Waals surface area contributed by atoms with Gasteiger partial charge in [0.1, 0.15) is 0 Å². The standard InChI is InChI=1S/C17H22N2O4/c1-17(2,3)19-14(20)10-4-6-11(7-5-10)18-15(21)12-8-9-13(12)16(22)23/h4-7,12-13H,8-9H2,1-3H3,(H,18,21)(H,19,20)(H,22,23). The van der Waals surface area contributed by atoms with Gasteiger partial charge in [-0.05, 0) is 57.9 Å². The normalized spacial score (nSPS) is 20.3. The molecule has 1 fully saturated rings. The third kappa shape index (κ3) is 4.31. The van der Waals surface area contributed by atoms with E-state index in [1.165, 1.54) is 0 Å². The summed E-state index contributed by atoms with van der Waals surface area (Å²) >= 11 is 0. The zero-order valence-electron chi connectivity index (χ0n) is 13.6. The van der Waals surface area contributed by atoms with Crippen LogP contribution >= 0.6 is 0 Å². The van der Waals surface area contributed by atoms with Crippen LogP contribution in [0.5, 0.6) is 0 Å². The molecule has 0 radical (unpaired) electrons. The molecule has 1 saturated carbocycles. The van der Waals surface area contributed by atoms with Gasteiger partial charge in [0.2, 0.25) is 5.91 Å². The fourth-order valence-electron chi connectivity index (χ4n) is 2.46. The Morgan fingerprint density at radius 1 is 1.04 bits per heavy atom. The Balaban J connectivity index is 1.96. The number of nitrogens with one attached hydrogen (secondary N) is 2. The summed E-state index contributed by atoms with van der Waals surface area (Å²) in [6.45, 7) is 5.70. The molecule has 2 atom stereocenters. The lowest BCUT2D eigenvalue weighted by molar-refractivity contribution is -0.151. The molecular formula is C17H22N2O4. The number of amides is 2. The second kappa shape index (κ2) is 6.40. The molecule has 2 unspecified atom stereocenters. The number of anilines is 1. The number of carbonyl (C=O) groups is 3. The molecule has 124 valence electrons. The molecule has 6 nitrogen and oxygen atoms in total. The van der Waals surface area contributed by atoms with Crippen molar-refractivity contribution in [2.75, 3.05) is 5.32 Å². The summed E-state index contributed by atoms with van der Waals surface area (Å²) in [5.74, 6) is -2.45. The summed E-state index contributed by atoms with van der Waals surface area (Å²) in [5.41, 5.74) is 0.739. The highest BCUT2D eigenvalue weighted by Crippen LogP contribution is 2.35. The van der Waals surface area contributed by atoms with Crippen molar-refractivity contribution in [2.45, 2.75) is 39.2 Å². The first kappa shape index (κ1) is 17.0. The van der Waals surface area contributed by atoms with Crippen LogP contribution in [0.15, 0.2) is 24.3 Å². The van der Waals surface area contributed by atoms with Gasteiger partial charge in [-0.25, -0.2) is 0 Å². The Hall–Kier alpha value is -2.37. The topological polar surface area (TPSA) is 95.5 Å². The van der Waals surface area contributed by atoms with Crippen LogP contribution in [0.4, 0.5) is 5.69 Å². The van der Waals surface area contributed by atoms with Crippen LogP contribution in [-0.2, 0) is 9.59 Å². The first-order valence-corrected chi connectivity index (χ1v) is 7.63. The first-order valence-electron chi connectivity index (χ1n) is 7.63. The molecule has 1 aliphatic carbocycles. The van der Waals surface area contributed by atoms with Crippen molar-refractivity contribution in [1.29, 1.82) is 0 Å². The van der Waals surface area contributed by atoms with Gasteiger partial charge >= 0.3 is 5.97 Å². The van der Waals surface area contributed by atoms with E-state index >= 15 is 0 Å². The average Bonchev–Trinajstić information content (AvgIpc) is 2.35. The van der Waals surface area contributed by atoms with Gasteiger partial charge in [-0.1, -0.05) is 0 Å². The van der Waals surface area contributed by atoms with Gasteiger partial charge in [-0.3, -0.25) is 14.4 Å². The van der Waals surface area contributed by atoms with E-state index in [4.69, 9.17) is 5.11 Å². The number of hydrogen-bond donors (Lipinski definition) is 3. The van der Waals surface area contributed by atoms with E-state index in [-0.39, 0.29) is 17.4 Å². The van der Waals surface area contributed by atoms with Gasteiger partial charge in [0.25, 0.3) is 5.91 Å². The van der Waals surface area contributed by atoms with Crippen molar-refractivity contribution >= 4 is 23.5 Å². The Kier molecular flexibility index (Phi) is 4.73. The highest BCUT2D eigenvalue weighted by Gasteiger charge is 2.41. The quantitative estimate of drug-likeness (QED) is 0.793. The monoisotopic (exact) mass is 318 g/mol. The lowest BCUT2D eigenvalue weighted by atomic mass is 9.73. The smallest absolute Gasteiger partial charge is 0.307 e. The van der Waals surface area contributed by atoms with Crippen LogP contribution in [0.2, 0.25) is 0 Å². The molecule has 0 heterocycles. The summed E-state index contributed by atoms with van der Waals surface area (Å²) in [7, 11) is 0. The van der Waals surface area contributed by atoms with Gasteiger partial charge in [-0.2, -0.15) is 0 Å². The number of hydrogen-bond acceptors (Lipinski definition) is 3. The predicted octanol–water partition coefficient (Wildman–Crippen LogP) is 2.26. The van der Waals surface area contributed by atoms with Gasteiger partial charge in [0.15, 0.2) is 0 Å². The molecule has 2 amide bonds.